The van der Waals surface area contributed by atoms with E-state index in [2.05, 4.69) is 51.0 Å². The van der Waals surface area contributed by atoms with Crippen LogP contribution in [0.1, 0.15) is 56.1 Å². The molecule has 1 saturated heterocycles. The lowest BCUT2D eigenvalue weighted by Crippen LogP contribution is -2.58. The maximum absolute atomic E-state index is 5.36. The first-order chi connectivity index (χ1) is 13.1. The summed E-state index contributed by atoms with van der Waals surface area (Å²) in [5.74, 6) is 4.24. The molecule has 3 aromatic heterocycles. The molecular formula is C18H24N8O. The smallest absolute Gasteiger partial charge is 0.240 e. The Morgan fingerprint density at radius 3 is 2.74 bits per heavy atom. The average Bonchev–Trinajstić information content (AvgIpc) is 3.18. The highest BCUT2D eigenvalue weighted by Crippen LogP contribution is 2.38. The second-order valence-corrected chi connectivity index (χ2v) is 7.97. The van der Waals surface area contributed by atoms with Crippen molar-refractivity contribution in [3.05, 3.63) is 29.7 Å². The van der Waals surface area contributed by atoms with Crippen molar-refractivity contribution in [2.75, 3.05) is 25.0 Å². The Hall–Kier alpha value is -2.55. The molecule has 3 aromatic rings. The highest BCUT2D eigenvalue weighted by Gasteiger charge is 2.33. The fraction of sp³-hybridized carbons (Fsp3) is 0.611. The molecule has 0 aromatic carbocycles. The molecule has 5 rings (SSSR count). The van der Waals surface area contributed by atoms with Gasteiger partial charge < -0.3 is 9.42 Å². The molecule has 1 aliphatic carbocycles. The van der Waals surface area contributed by atoms with Crippen molar-refractivity contribution < 1.29 is 4.52 Å². The van der Waals surface area contributed by atoms with E-state index in [4.69, 9.17) is 9.62 Å². The number of hydrogen-bond acceptors (Lipinski definition) is 8. The van der Waals surface area contributed by atoms with Gasteiger partial charge in [0.15, 0.2) is 17.3 Å². The van der Waals surface area contributed by atoms with Crippen LogP contribution in [-0.4, -0.2) is 61.0 Å². The number of anilines is 1. The van der Waals surface area contributed by atoms with Crippen molar-refractivity contribution in [1.29, 1.82) is 0 Å². The molecule has 0 radical (unpaired) electrons. The summed E-state index contributed by atoms with van der Waals surface area (Å²) in [6.07, 6.45) is 2.38. The lowest BCUT2D eigenvalue weighted by atomic mass is 10.1. The monoisotopic (exact) mass is 368 g/mol. The van der Waals surface area contributed by atoms with Gasteiger partial charge in [0.2, 0.25) is 5.89 Å². The summed E-state index contributed by atoms with van der Waals surface area (Å²) in [4.78, 5) is 9.01. The van der Waals surface area contributed by atoms with E-state index in [-0.39, 0.29) is 5.92 Å². The molecular weight excluding hydrogens is 344 g/mol. The molecule has 27 heavy (non-hydrogen) atoms. The van der Waals surface area contributed by atoms with E-state index in [0.717, 1.165) is 36.2 Å². The third kappa shape index (κ3) is 3.05. The van der Waals surface area contributed by atoms with Gasteiger partial charge in [-0.2, -0.15) is 9.50 Å². The van der Waals surface area contributed by atoms with E-state index in [9.17, 15) is 0 Å². The van der Waals surface area contributed by atoms with Crippen LogP contribution in [0.25, 0.3) is 5.65 Å². The number of fused-ring (bicyclic) bond motifs is 1. The zero-order valence-electron chi connectivity index (χ0n) is 15.9. The summed E-state index contributed by atoms with van der Waals surface area (Å²) >= 11 is 0. The third-order valence-electron chi connectivity index (χ3n) is 5.41. The molecule has 0 N–H and O–H groups in total. The quantitative estimate of drug-likeness (QED) is 0.651. The zero-order valence-corrected chi connectivity index (χ0v) is 15.9. The molecule has 9 heteroatoms. The number of nitrogens with zero attached hydrogens (tertiary/aromatic N) is 8. The Balaban J connectivity index is 1.23. The van der Waals surface area contributed by atoms with Crippen molar-refractivity contribution in [1.82, 2.24) is 34.9 Å². The van der Waals surface area contributed by atoms with Gasteiger partial charge >= 0.3 is 0 Å². The maximum atomic E-state index is 5.36. The van der Waals surface area contributed by atoms with E-state index in [1.54, 1.807) is 0 Å². The van der Waals surface area contributed by atoms with Crippen LogP contribution in [0.2, 0.25) is 0 Å². The normalized spacial score (nSPS) is 18.0. The van der Waals surface area contributed by atoms with Gasteiger partial charge in [-0.15, -0.1) is 15.3 Å². The van der Waals surface area contributed by atoms with Crippen LogP contribution in [0.3, 0.4) is 0 Å². The number of rotatable bonds is 6. The first-order valence-corrected chi connectivity index (χ1v) is 9.58. The SMILES string of the molecule is CC(C)c1noc(CN(C)C2CN(c3ccc4nnc(C5CC5)n4n3)C2)n1. The summed E-state index contributed by atoms with van der Waals surface area (Å²) in [6, 6.07) is 4.48. The average molecular weight is 368 g/mol. The van der Waals surface area contributed by atoms with Crippen LogP contribution < -0.4 is 4.90 Å². The Morgan fingerprint density at radius 1 is 1.22 bits per heavy atom. The van der Waals surface area contributed by atoms with Crippen molar-refractivity contribution in [2.45, 2.75) is 51.1 Å². The Labute approximate surface area is 157 Å². The molecule has 142 valence electrons. The van der Waals surface area contributed by atoms with Gasteiger partial charge in [-0.25, -0.2) is 0 Å². The fourth-order valence-electron chi connectivity index (χ4n) is 3.39. The molecule has 0 amide bonds. The van der Waals surface area contributed by atoms with Gasteiger partial charge in [-0.1, -0.05) is 19.0 Å². The predicted octanol–water partition coefficient (Wildman–Crippen LogP) is 1.83. The highest BCUT2D eigenvalue weighted by molar-refractivity contribution is 5.48. The van der Waals surface area contributed by atoms with E-state index < -0.39 is 0 Å². The number of aromatic nitrogens is 6. The lowest BCUT2D eigenvalue weighted by Gasteiger charge is -2.44. The standard InChI is InChI=1S/C18H24N8O/c1-11(2)17-19-16(27-23-17)10-24(3)13-8-25(9-13)15-7-6-14-20-21-18(12-4-5-12)26(14)22-15/h6-7,11-13H,4-5,8-10H2,1-3H3. The van der Waals surface area contributed by atoms with Gasteiger partial charge in [0.05, 0.1) is 6.54 Å². The summed E-state index contributed by atoms with van der Waals surface area (Å²) in [7, 11) is 2.10. The summed E-state index contributed by atoms with van der Waals surface area (Å²) in [5.41, 5.74) is 0.826. The van der Waals surface area contributed by atoms with Gasteiger partial charge in [0, 0.05) is 31.0 Å². The van der Waals surface area contributed by atoms with E-state index in [1.165, 1.54) is 12.8 Å². The minimum absolute atomic E-state index is 0.284. The van der Waals surface area contributed by atoms with Crippen LogP contribution in [0.4, 0.5) is 5.82 Å². The molecule has 0 bridgehead atoms. The first kappa shape index (κ1) is 16.6. The molecule has 0 atom stereocenters. The molecule has 4 heterocycles. The fourth-order valence-corrected chi connectivity index (χ4v) is 3.39. The Bertz CT molecular complexity index is 953. The lowest BCUT2D eigenvalue weighted by molar-refractivity contribution is 0.174. The number of hydrogen-bond donors (Lipinski definition) is 0. The van der Waals surface area contributed by atoms with E-state index in [0.29, 0.717) is 24.4 Å². The van der Waals surface area contributed by atoms with Gasteiger partial charge in [-0.3, -0.25) is 4.90 Å². The minimum atomic E-state index is 0.284. The molecule has 1 aliphatic heterocycles. The zero-order chi connectivity index (χ0) is 18.5. The van der Waals surface area contributed by atoms with Crippen molar-refractivity contribution in [2.24, 2.45) is 0 Å². The van der Waals surface area contributed by atoms with E-state index >= 15 is 0 Å². The molecule has 2 fully saturated rings. The topological polar surface area (TPSA) is 88.5 Å². The predicted molar refractivity (Wildman–Crippen MR) is 98.6 cm³/mol. The minimum Gasteiger partial charge on any atom is -0.352 e. The van der Waals surface area contributed by atoms with Crippen LogP contribution >= 0.6 is 0 Å². The molecule has 9 nitrogen and oxygen atoms in total. The van der Waals surface area contributed by atoms with Gasteiger partial charge in [-0.05, 0) is 32.0 Å². The first-order valence-electron chi connectivity index (χ1n) is 9.58. The number of likely N-dealkylation sites (N-methyl/N-ethyl adjacent to an activating group) is 1. The largest absolute Gasteiger partial charge is 0.352 e. The van der Waals surface area contributed by atoms with Crippen molar-refractivity contribution in [3.8, 4) is 0 Å². The van der Waals surface area contributed by atoms with Crippen molar-refractivity contribution in [3.63, 3.8) is 0 Å². The second kappa shape index (κ2) is 6.26. The van der Waals surface area contributed by atoms with Crippen LogP contribution in [0.15, 0.2) is 16.7 Å². The van der Waals surface area contributed by atoms with Crippen LogP contribution in [0, 0.1) is 0 Å². The summed E-state index contributed by atoms with van der Waals surface area (Å²) < 4.78 is 7.27. The Kier molecular flexibility index (Phi) is 3.85. The summed E-state index contributed by atoms with van der Waals surface area (Å²) in [5, 5.41) is 17.4. The second-order valence-electron chi connectivity index (χ2n) is 7.97. The molecule has 2 aliphatic rings. The van der Waals surface area contributed by atoms with Crippen LogP contribution in [0.5, 0.6) is 0 Å². The molecule has 0 spiro atoms. The maximum Gasteiger partial charge on any atom is 0.240 e. The Morgan fingerprint density at radius 2 is 2.04 bits per heavy atom. The third-order valence-corrected chi connectivity index (χ3v) is 5.41. The van der Waals surface area contributed by atoms with Gasteiger partial charge in [0.25, 0.3) is 0 Å². The molecule has 0 unspecified atom stereocenters. The van der Waals surface area contributed by atoms with Crippen LogP contribution in [-0.2, 0) is 6.54 Å². The van der Waals surface area contributed by atoms with E-state index in [1.807, 2.05) is 16.6 Å². The van der Waals surface area contributed by atoms with Crippen molar-refractivity contribution >= 4 is 11.5 Å². The molecule has 1 saturated carbocycles. The highest BCUT2D eigenvalue weighted by atomic mass is 16.5. The summed E-state index contributed by atoms with van der Waals surface area (Å²) in [6.45, 7) is 6.66. The van der Waals surface area contributed by atoms with Gasteiger partial charge in [0.1, 0.15) is 5.82 Å².